The second kappa shape index (κ2) is 9.09. The number of halogens is 1. The third-order valence-corrected chi connectivity index (χ3v) is 6.20. The van der Waals surface area contributed by atoms with Crippen molar-refractivity contribution in [1.29, 1.82) is 0 Å². The summed E-state index contributed by atoms with van der Waals surface area (Å²) in [4.78, 5) is 25.4. The highest BCUT2D eigenvalue weighted by molar-refractivity contribution is 7.90. The Hall–Kier alpha value is -3.24. The first kappa shape index (κ1) is 23.4. The Kier molecular flexibility index (Phi) is 6.65. The lowest BCUT2D eigenvalue weighted by Gasteiger charge is -2.15. The highest BCUT2D eigenvalue weighted by Gasteiger charge is 2.21. The molecule has 0 aliphatic rings. The minimum Gasteiger partial charge on any atom is -0.493 e. The summed E-state index contributed by atoms with van der Waals surface area (Å²) in [7, 11) is -0.569. The summed E-state index contributed by atoms with van der Waals surface area (Å²) in [6, 6.07) is 11.8. The molecule has 11 heteroatoms. The van der Waals surface area contributed by atoms with Crippen molar-refractivity contribution in [2.45, 2.75) is 11.8 Å². The summed E-state index contributed by atoms with van der Waals surface area (Å²) in [6.07, 6.45) is 1.04. The van der Waals surface area contributed by atoms with Crippen molar-refractivity contribution in [1.82, 2.24) is 9.36 Å². The fraction of sp³-hybridized carbons (Fsp3) is 0.238. The minimum absolute atomic E-state index is 0.0482. The number of hydrogen-bond donors (Lipinski definition) is 2. The van der Waals surface area contributed by atoms with Gasteiger partial charge in [0.1, 0.15) is 10.6 Å². The molecule has 0 saturated carbocycles. The number of rotatable bonds is 7. The Morgan fingerprint density at radius 1 is 1.19 bits per heavy atom. The summed E-state index contributed by atoms with van der Waals surface area (Å²) in [5, 5.41) is 5.62. The van der Waals surface area contributed by atoms with Crippen LogP contribution in [0.2, 0.25) is 5.02 Å². The van der Waals surface area contributed by atoms with Crippen molar-refractivity contribution in [2.75, 3.05) is 30.5 Å². The zero-order valence-corrected chi connectivity index (χ0v) is 19.5. The van der Waals surface area contributed by atoms with Crippen LogP contribution in [0.3, 0.4) is 0 Å². The molecule has 0 fully saturated rings. The normalized spacial score (nSPS) is 11.3. The van der Waals surface area contributed by atoms with Gasteiger partial charge in [-0.3, -0.25) is 14.3 Å². The zero-order valence-electron chi connectivity index (χ0n) is 18.0. The second-order valence-corrected chi connectivity index (χ2v) is 9.52. The number of anilines is 2. The highest BCUT2D eigenvalue weighted by atomic mass is 35.5. The van der Waals surface area contributed by atoms with Crippen LogP contribution >= 0.6 is 11.6 Å². The lowest BCUT2D eigenvalue weighted by molar-refractivity contribution is -0.114. The van der Waals surface area contributed by atoms with Crippen LogP contribution < -0.4 is 20.9 Å². The summed E-state index contributed by atoms with van der Waals surface area (Å²) in [5.74, 6) is -0.453. The van der Waals surface area contributed by atoms with Gasteiger partial charge in [0.2, 0.25) is 5.91 Å². The number of carbonyl (C=O) groups is 1. The molecule has 0 saturated heterocycles. The topological polar surface area (TPSA) is 111 Å². The largest absolute Gasteiger partial charge is 0.493 e. The summed E-state index contributed by atoms with van der Waals surface area (Å²) in [5.41, 5.74) is 1.26. The van der Waals surface area contributed by atoms with Gasteiger partial charge in [0.05, 0.1) is 30.7 Å². The van der Waals surface area contributed by atoms with Gasteiger partial charge in [-0.15, -0.1) is 0 Å². The van der Waals surface area contributed by atoms with Gasteiger partial charge in [-0.2, -0.15) is 0 Å². The van der Waals surface area contributed by atoms with Crippen molar-refractivity contribution >= 4 is 38.7 Å². The first-order valence-corrected chi connectivity index (χ1v) is 11.8. The fourth-order valence-electron chi connectivity index (χ4n) is 3.26. The molecule has 0 bridgehead atoms. The van der Waals surface area contributed by atoms with E-state index in [1.165, 1.54) is 23.9 Å². The molecular formula is C21H23ClN4O5S. The van der Waals surface area contributed by atoms with Crippen LogP contribution in [-0.2, 0) is 21.7 Å². The molecule has 2 aromatic carbocycles. The number of carbonyl (C=O) groups excluding carboxylic acids is 1. The van der Waals surface area contributed by atoms with E-state index in [1.807, 2.05) is 18.2 Å². The molecule has 32 heavy (non-hydrogen) atoms. The average Bonchev–Trinajstić information content (AvgIpc) is 2.95. The Labute approximate surface area is 190 Å². The molecular weight excluding hydrogens is 456 g/mol. The average molecular weight is 479 g/mol. The molecule has 0 atom stereocenters. The summed E-state index contributed by atoms with van der Waals surface area (Å²) >= 11 is 6.04. The SMILES string of the molecule is COc1c(NCC(=O)Nc2c(C)n(C)n(-c3ccccc3)c2=O)cc(Cl)cc1S(C)(=O)=O. The molecule has 0 spiro atoms. The monoisotopic (exact) mass is 478 g/mol. The van der Waals surface area contributed by atoms with E-state index in [2.05, 4.69) is 10.6 Å². The molecule has 1 aromatic heterocycles. The first-order chi connectivity index (χ1) is 15.0. The maximum atomic E-state index is 12.9. The van der Waals surface area contributed by atoms with Crippen molar-refractivity contribution in [2.24, 2.45) is 7.05 Å². The van der Waals surface area contributed by atoms with Crippen LogP contribution in [0.1, 0.15) is 5.69 Å². The maximum absolute atomic E-state index is 12.9. The predicted molar refractivity (Wildman–Crippen MR) is 124 cm³/mol. The maximum Gasteiger partial charge on any atom is 0.295 e. The predicted octanol–water partition coefficient (Wildman–Crippen LogP) is 2.60. The van der Waals surface area contributed by atoms with Crippen LogP contribution in [0.5, 0.6) is 5.75 Å². The van der Waals surface area contributed by atoms with E-state index < -0.39 is 15.7 Å². The number of benzene rings is 2. The fourth-order valence-corrected chi connectivity index (χ4v) is 4.41. The van der Waals surface area contributed by atoms with Crippen molar-refractivity contribution in [3.8, 4) is 11.4 Å². The van der Waals surface area contributed by atoms with Crippen LogP contribution in [-0.4, -0.2) is 43.6 Å². The third-order valence-electron chi connectivity index (χ3n) is 4.88. The van der Waals surface area contributed by atoms with E-state index in [0.29, 0.717) is 11.4 Å². The molecule has 1 heterocycles. The molecule has 9 nitrogen and oxygen atoms in total. The van der Waals surface area contributed by atoms with Crippen LogP contribution in [0.4, 0.5) is 11.4 Å². The minimum atomic E-state index is -3.61. The number of amides is 1. The van der Waals surface area contributed by atoms with Gasteiger partial charge in [0, 0.05) is 18.3 Å². The Morgan fingerprint density at radius 3 is 2.44 bits per heavy atom. The third kappa shape index (κ3) is 4.66. The molecule has 2 N–H and O–H groups in total. The first-order valence-electron chi connectivity index (χ1n) is 9.50. The Morgan fingerprint density at radius 2 is 1.84 bits per heavy atom. The second-order valence-electron chi connectivity index (χ2n) is 7.10. The van der Waals surface area contributed by atoms with Crippen molar-refractivity contribution in [3.05, 3.63) is 63.5 Å². The number of ether oxygens (including phenoxy) is 1. The van der Waals surface area contributed by atoms with E-state index in [4.69, 9.17) is 16.3 Å². The number of methoxy groups -OCH3 is 1. The number of aromatic nitrogens is 2. The van der Waals surface area contributed by atoms with E-state index >= 15 is 0 Å². The van der Waals surface area contributed by atoms with Crippen molar-refractivity contribution < 1.29 is 17.9 Å². The smallest absolute Gasteiger partial charge is 0.295 e. The molecule has 0 radical (unpaired) electrons. The van der Waals surface area contributed by atoms with Gasteiger partial charge in [0.15, 0.2) is 15.6 Å². The van der Waals surface area contributed by atoms with Gasteiger partial charge in [-0.05, 0) is 31.2 Å². The lowest BCUT2D eigenvalue weighted by Crippen LogP contribution is -2.26. The number of hydrogen-bond acceptors (Lipinski definition) is 6. The lowest BCUT2D eigenvalue weighted by atomic mass is 10.3. The molecule has 1 amide bonds. The van der Waals surface area contributed by atoms with E-state index in [9.17, 15) is 18.0 Å². The zero-order chi connectivity index (χ0) is 23.6. The van der Waals surface area contributed by atoms with Gasteiger partial charge in [-0.25, -0.2) is 13.1 Å². The van der Waals surface area contributed by atoms with Crippen molar-refractivity contribution in [3.63, 3.8) is 0 Å². The molecule has 3 rings (SSSR count). The number of sulfone groups is 1. The summed E-state index contributed by atoms with van der Waals surface area (Å²) < 4.78 is 32.4. The van der Waals surface area contributed by atoms with Gasteiger partial charge < -0.3 is 15.4 Å². The molecule has 0 aliphatic heterocycles. The number of nitrogens with zero attached hydrogens (tertiary/aromatic N) is 2. The Bertz CT molecular complexity index is 1330. The van der Waals surface area contributed by atoms with E-state index in [0.717, 1.165) is 6.26 Å². The summed E-state index contributed by atoms with van der Waals surface area (Å²) in [6.45, 7) is 1.47. The molecule has 0 aliphatic carbocycles. The van der Waals surface area contributed by atoms with Gasteiger partial charge >= 0.3 is 0 Å². The van der Waals surface area contributed by atoms with Crippen LogP contribution in [0, 0.1) is 6.92 Å². The standard InChI is InChI=1S/C21H23ClN4O5S/c1-13-19(21(28)26(25(13)2)15-8-6-5-7-9-15)24-18(27)12-23-16-10-14(22)11-17(20(16)31-3)32(4,29)30/h5-11,23H,12H2,1-4H3,(H,24,27). The van der Waals surface area contributed by atoms with E-state index in [1.54, 1.807) is 30.8 Å². The van der Waals surface area contributed by atoms with E-state index in [-0.39, 0.29) is 39.1 Å². The number of para-hydroxylation sites is 1. The van der Waals surface area contributed by atoms with Gasteiger partial charge in [-0.1, -0.05) is 29.8 Å². The quantitative estimate of drug-likeness (QED) is 0.540. The highest BCUT2D eigenvalue weighted by Crippen LogP contribution is 2.35. The van der Waals surface area contributed by atoms with Gasteiger partial charge in [0.25, 0.3) is 5.56 Å². The van der Waals surface area contributed by atoms with Crippen LogP contribution in [0.15, 0.2) is 52.2 Å². The Balaban J connectivity index is 1.84. The molecule has 3 aromatic rings. The molecule has 0 unspecified atom stereocenters. The number of nitrogens with one attached hydrogen (secondary N) is 2. The molecule has 170 valence electrons. The van der Waals surface area contributed by atoms with Crippen LogP contribution in [0.25, 0.3) is 5.69 Å².